The number of benzene rings is 1. The highest BCUT2D eigenvalue weighted by Gasteiger charge is 2.43. The molecule has 0 aliphatic carbocycles. The number of aliphatic carboxylic acids is 1. The molecule has 2 aliphatic heterocycles. The van der Waals surface area contributed by atoms with Gasteiger partial charge in [-0.3, -0.25) is 39.0 Å². The summed E-state index contributed by atoms with van der Waals surface area (Å²) in [7, 11) is 0. The number of amides is 9. The molecule has 364 valence electrons. The highest BCUT2D eigenvalue weighted by atomic mass is 32.2. The maximum absolute atomic E-state index is 14.4. The van der Waals surface area contributed by atoms with Gasteiger partial charge in [-0.25, -0.2) is 14.6 Å². The van der Waals surface area contributed by atoms with Crippen molar-refractivity contribution in [3.63, 3.8) is 0 Å². The molecule has 0 spiro atoms. The van der Waals surface area contributed by atoms with E-state index in [4.69, 9.17) is 11.5 Å². The van der Waals surface area contributed by atoms with E-state index in [-0.39, 0.29) is 18.6 Å². The number of β-amino-alcohol motifs (C(OH)–C–C–N with tert-alkyl or cyclic N) is 1. The number of carbonyl (C=O) groups is 9. The zero-order chi connectivity index (χ0) is 49.2. The summed E-state index contributed by atoms with van der Waals surface area (Å²) >= 11 is 0.963. The summed E-state index contributed by atoms with van der Waals surface area (Å²) < 4.78 is 0. The summed E-state index contributed by atoms with van der Waals surface area (Å²) in [4.78, 5) is 125. The number of nitrogens with zero attached hydrogens (tertiary/aromatic N) is 2. The molecule has 25 heteroatoms. The number of aliphatic hydroxyl groups excluding tert-OH is 3. The maximum Gasteiger partial charge on any atom is 0.337 e. The van der Waals surface area contributed by atoms with Gasteiger partial charge in [0.1, 0.15) is 30.2 Å². The highest BCUT2D eigenvalue weighted by Crippen LogP contribution is 2.32. The van der Waals surface area contributed by atoms with Crippen LogP contribution in [0.4, 0.5) is 4.79 Å². The minimum absolute atomic E-state index is 0.265. The molecular formula is C41H61N11O13S. The second-order valence-corrected chi connectivity index (χ2v) is 17.8. The predicted molar refractivity (Wildman–Crippen MR) is 236 cm³/mol. The highest BCUT2D eigenvalue weighted by molar-refractivity contribution is 7.99. The number of fused-ring (bicyclic) bond motifs is 3. The number of hydrogen-bond acceptors (Lipinski definition) is 14. The summed E-state index contributed by atoms with van der Waals surface area (Å²) in [5.74, 6) is -9.76. The summed E-state index contributed by atoms with van der Waals surface area (Å²) in [6, 6.07) is -3.87. The van der Waals surface area contributed by atoms with Gasteiger partial charge in [-0.15, -0.1) is 11.8 Å². The Hall–Kier alpha value is -6.02. The van der Waals surface area contributed by atoms with E-state index in [0.717, 1.165) is 21.7 Å². The fourth-order valence-electron chi connectivity index (χ4n) is 7.38. The molecule has 0 bridgehead atoms. The lowest BCUT2D eigenvalue weighted by Crippen LogP contribution is -2.63. The first-order chi connectivity index (χ1) is 31.1. The number of carboxylic acid groups (broad SMARTS) is 1. The Morgan fingerprint density at radius 2 is 1.70 bits per heavy atom. The van der Waals surface area contributed by atoms with Gasteiger partial charge in [0, 0.05) is 48.0 Å². The van der Waals surface area contributed by atoms with Gasteiger partial charge in [0.25, 0.3) is 5.91 Å². The average molecular weight is 948 g/mol. The first-order valence-corrected chi connectivity index (χ1v) is 22.4. The van der Waals surface area contributed by atoms with Crippen LogP contribution >= 0.6 is 11.8 Å². The number of likely N-dealkylation sites (tertiary alicyclic amines) is 1. The monoisotopic (exact) mass is 947 g/mol. The Morgan fingerprint density at radius 1 is 1.02 bits per heavy atom. The molecule has 2 aliphatic rings. The molecular weight excluding hydrogens is 887 g/mol. The normalized spacial score (nSPS) is 23.7. The van der Waals surface area contributed by atoms with Crippen molar-refractivity contribution in [3.8, 4) is 0 Å². The molecule has 2 aromatic rings. The Morgan fingerprint density at radius 3 is 2.32 bits per heavy atom. The van der Waals surface area contributed by atoms with Crippen LogP contribution in [0.5, 0.6) is 0 Å². The van der Waals surface area contributed by atoms with Crippen molar-refractivity contribution in [2.45, 2.75) is 120 Å². The fourth-order valence-corrected chi connectivity index (χ4v) is 8.50. The van der Waals surface area contributed by atoms with Crippen molar-refractivity contribution >= 4 is 76.0 Å². The SMILES string of the molecule is CC[C@H](C)C1NC(=O)CNC(=O)[C@@H](NC(=O)[C@@H](N)[C@@H](C)[C@@H](O)CO)Cc2c([nH]c3ccccc23)SCC(C(=O)N[C@@H](CC(N)=O)C(=O)N2C[C@H](O)C[C@H]2C(=O)O)NC(=O)N(C(C)C)NC1=O. The van der Waals surface area contributed by atoms with E-state index in [1.165, 1.54) is 6.92 Å². The van der Waals surface area contributed by atoms with Gasteiger partial charge in [0.05, 0.1) is 42.8 Å². The summed E-state index contributed by atoms with van der Waals surface area (Å²) in [6.07, 6.45) is -3.60. The van der Waals surface area contributed by atoms with Gasteiger partial charge in [0.2, 0.25) is 35.4 Å². The Balaban J connectivity index is 1.83. The van der Waals surface area contributed by atoms with Crippen LogP contribution in [0.15, 0.2) is 29.3 Å². The van der Waals surface area contributed by atoms with Crippen LogP contribution in [0, 0.1) is 11.8 Å². The Kier molecular flexibility index (Phi) is 18.7. The number of rotatable bonds is 14. The van der Waals surface area contributed by atoms with Gasteiger partial charge in [0.15, 0.2) is 0 Å². The number of aromatic nitrogens is 1. The molecule has 1 aromatic heterocycles. The van der Waals surface area contributed by atoms with E-state index in [2.05, 4.69) is 37.0 Å². The lowest BCUT2D eigenvalue weighted by molar-refractivity contribution is -0.149. The number of nitrogens with two attached hydrogens (primary N) is 2. The van der Waals surface area contributed by atoms with Gasteiger partial charge in [-0.2, -0.15) is 0 Å². The van der Waals surface area contributed by atoms with Gasteiger partial charge < -0.3 is 68.4 Å². The summed E-state index contributed by atoms with van der Waals surface area (Å²) in [5.41, 5.74) is 15.1. The third kappa shape index (κ3) is 13.3. The van der Waals surface area contributed by atoms with E-state index in [1.807, 2.05) is 0 Å². The van der Waals surface area contributed by atoms with Crippen LogP contribution < -0.4 is 43.5 Å². The van der Waals surface area contributed by atoms with E-state index in [1.54, 1.807) is 52.0 Å². The van der Waals surface area contributed by atoms with E-state index >= 15 is 0 Å². The van der Waals surface area contributed by atoms with Crippen molar-refractivity contribution in [2.24, 2.45) is 23.3 Å². The number of H-pyrrole nitrogens is 1. The second kappa shape index (κ2) is 23.4. The topological polar surface area (TPSA) is 381 Å². The van der Waals surface area contributed by atoms with Gasteiger partial charge in [-0.05, 0) is 31.4 Å². The molecule has 24 nitrogen and oxygen atoms in total. The molecule has 9 amide bonds. The van der Waals surface area contributed by atoms with Crippen molar-refractivity contribution in [2.75, 3.05) is 25.4 Å². The quantitative estimate of drug-likeness (QED) is 0.0874. The third-order valence-electron chi connectivity index (χ3n) is 11.6. The van der Waals surface area contributed by atoms with Crippen LogP contribution in [0.3, 0.4) is 0 Å². The van der Waals surface area contributed by atoms with Crippen molar-refractivity contribution in [3.05, 3.63) is 29.8 Å². The number of aliphatic hydroxyl groups is 3. The molecule has 15 N–H and O–H groups in total. The van der Waals surface area contributed by atoms with Gasteiger partial charge >= 0.3 is 12.0 Å². The summed E-state index contributed by atoms with van der Waals surface area (Å²) in [6.45, 7) is 6.20. The molecule has 1 fully saturated rings. The number of urea groups is 1. The fraction of sp³-hybridized carbons (Fsp3) is 0.585. The van der Waals surface area contributed by atoms with Crippen LogP contribution in [-0.4, -0.2) is 169 Å². The first kappa shape index (κ1) is 52.6. The second-order valence-electron chi connectivity index (χ2n) is 16.7. The van der Waals surface area contributed by atoms with Gasteiger partial charge in [-0.1, -0.05) is 45.4 Å². The van der Waals surface area contributed by atoms with Crippen LogP contribution in [0.25, 0.3) is 10.9 Å². The predicted octanol–water partition coefficient (Wildman–Crippen LogP) is -3.51. The third-order valence-corrected chi connectivity index (χ3v) is 12.7. The minimum atomic E-state index is -1.75. The number of para-hydroxylation sites is 1. The van der Waals surface area contributed by atoms with Crippen LogP contribution in [-0.2, 0) is 44.8 Å². The molecule has 1 saturated heterocycles. The van der Waals surface area contributed by atoms with E-state index < -0.39 is 146 Å². The lowest BCUT2D eigenvalue weighted by atomic mass is 9.95. The van der Waals surface area contributed by atoms with Crippen molar-refractivity contribution < 1.29 is 63.6 Å². The molecule has 4 rings (SSSR count). The molecule has 3 heterocycles. The molecule has 0 saturated carbocycles. The molecule has 0 radical (unpaired) electrons. The Labute approximate surface area is 384 Å². The number of hydrogen-bond donors (Lipinski definition) is 13. The smallest absolute Gasteiger partial charge is 0.337 e. The molecule has 10 atom stereocenters. The summed E-state index contributed by atoms with van der Waals surface area (Å²) in [5, 5.41) is 54.2. The average Bonchev–Trinajstić information content (AvgIpc) is 3.84. The molecule has 2 unspecified atom stereocenters. The lowest BCUT2D eigenvalue weighted by Gasteiger charge is -2.32. The minimum Gasteiger partial charge on any atom is -0.480 e. The number of carbonyl (C=O) groups excluding carboxylic acids is 8. The zero-order valence-corrected chi connectivity index (χ0v) is 38.1. The Bertz CT molecular complexity index is 2140. The number of nitrogens with one attached hydrogen (secondary N) is 7. The largest absolute Gasteiger partial charge is 0.480 e. The molecule has 1 aromatic carbocycles. The standard InChI is InChI=1S/C41H61N11O13S/c1-6-19(4)33-37(61)50-52(18(2)3)41(65)48-27(35(59)46-26(13-30(42)56)39(62)51-15-21(54)11-28(51)40(63)64)17-66-38-23(22-9-7-8-10-24(22)47-38)12-25(34(58)44-14-31(57)49-33)45-36(60)32(43)20(5)29(55)16-53/h7-10,18-21,25-29,32-33,47,53-55H,6,11-17,43H2,1-5H3,(H2,42,56)(H,44,58)(H,45,60)(H,46,59)(H,48,65)(H,49,57)(H,50,61)(H,63,64)/t19-,20-,21+,25-,26-,27?,28-,29-,32-,33?/m0/s1. The van der Waals surface area contributed by atoms with Crippen molar-refractivity contribution in [1.29, 1.82) is 0 Å². The van der Waals surface area contributed by atoms with Crippen LogP contribution in [0.2, 0.25) is 0 Å². The van der Waals surface area contributed by atoms with Crippen molar-refractivity contribution in [1.82, 2.24) is 46.9 Å². The number of primary amides is 1. The van der Waals surface area contributed by atoms with E-state index in [0.29, 0.717) is 27.9 Å². The van der Waals surface area contributed by atoms with E-state index in [9.17, 15) is 63.6 Å². The first-order valence-electron chi connectivity index (χ1n) is 21.4. The van der Waals surface area contributed by atoms with Crippen LogP contribution in [0.1, 0.15) is 59.4 Å². The number of thioether (sulfide) groups is 1. The number of hydrazine groups is 1. The number of aromatic amines is 1. The molecule has 66 heavy (non-hydrogen) atoms. The maximum atomic E-state index is 14.4. The zero-order valence-electron chi connectivity index (χ0n) is 37.2. The number of carboxylic acids is 1.